The van der Waals surface area contributed by atoms with Crippen LogP contribution in [-0.2, 0) is 28.8 Å². The van der Waals surface area contributed by atoms with Crippen LogP contribution in [0.5, 0.6) is 0 Å². The van der Waals surface area contributed by atoms with Crippen LogP contribution in [0.3, 0.4) is 0 Å². The Labute approximate surface area is 211 Å². The molecule has 0 spiro atoms. The van der Waals surface area contributed by atoms with E-state index >= 15 is 0 Å². The molecule has 0 bridgehead atoms. The highest BCUT2D eigenvalue weighted by Gasteiger charge is 2.31. The standard InChI is InChI=1S/C19H34N8O8S/c1-36-6-4-11(18(34)35)26-16(32)10(3-2-5-24-19(22)23)25-17(33)12(8-14(29)30)27-15(31)9(20)7-13(21)28/h9-12H,2-8,20H2,1H3,(H2,21,28)(H,25,33)(H,26,32)(H,27,31)(H,29,30)(H,34,35)(H4,22,23,24). The molecule has 4 unspecified atom stereocenters. The number of guanidine groups is 1. The second-order valence-electron chi connectivity index (χ2n) is 7.63. The number of primary amides is 1. The number of amides is 4. The van der Waals surface area contributed by atoms with Gasteiger partial charge in [-0.3, -0.25) is 29.0 Å². The Hall–Kier alpha value is -3.60. The monoisotopic (exact) mass is 534 g/mol. The molecule has 4 atom stereocenters. The van der Waals surface area contributed by atoms with Crippen molar-refractivity contribution in [1.29, 1.82) is 0 Å². The van der Waals surface area contributed by atoms with Crippen LogP contribution in [0.4, 0.5) is 0 Å². The second-order valence-corrected chi connectivity index (χ2v) is 8.61. The van der Waals surface area contributed by atoms with E-state index in [4.69, 9.17) is 28.0 Å². The Balaban J connectivity index is 5.63. The number of thioether (sulfide) groups is 1. The molecule has 4 amide bonds. The highest BCUT2D eigenvalue weighted by Crippen LogP contribution is 2.06. The normalized spacial score (nSPS) is 13.8. The number of rotatable bonds is 18. The van der Waals surface area contributed by atoms with Crippen molar-refractivity contribution in [2.75, 3.05) is 18.6 Å². The maximum absolute atomic E-state index is 12.8. The predicted molar refractivity (Wildman–Crippen MR) is 130 cm³/mol. The lowest BCUT2D eigenvalue weighted by Crippen LogP contribution is -2.57. The molecule has 13 N–H and O–H groups in total. The smallest absolute Gasteiger partial charge is 0.326 e. The van der Waals surface area contributed by atoms with E-state index in [2.05, 4.69) is 20.9 Å². The van der Waals surface area contributed by atoms with Gasteiger partial charge in [0.05, 0.1) is 18.9 Å². The largest absolute Gasteiger partial charge is 0.481 e. The summed E-state index contributed by atoms with van der Waals surface area (Å²) in [6, 6.07) is -5.63. The number of hydrogen-bond donors (Lipinski definition) is 9. The van der Waals surface area contributed by atoms with Crippen LogP contribution in [0.25, 0.3) is 0 Å². The summed E-state index contributed by atoms with van der Waals surface area (Å²) in [4.78, 5) is 75.3. The Kier molecular flexibility index (Phi) is 15.2. The van der Waals surface area contributed by atoms with E-state index in [1.165, 1.54) is 11.8 Å². The quantitative estimate of drug-likeness (QED) is 0.0462. The second kappa shape index (κ2) is 16.9. The number of nitrogens with one attached hydrogen (secondary N) is 3. The third-order valence-electron chi connectivity index (χ3n) is 4.57. The number of aliphatic imine (C=N–C) groups is 1. The highest BCUT2D eigenvalue weighted by atomic mass is 32.2. The first-order chi connectivity index (χ1) is 16.8. The zero-order valence-electron chi connectivity index (χ0n) is 19.8. The van der Waals surface area contributed by atoms with Gasteiger partial charge in [-0.2, -0.15) is 11.8 Å². The van der Waals surface area contributed by atoms with E-state index in [9.17, 15) is 33.9 Å². The first-order valence-corrected chi connectivity index (χ1v) is 12.1. The molecular weight excluding hydrogens is 500 g/mol. The van der Waals surface area contributed by atoms with Crippen molar-refractivity contribution in [2.24, 2.45) is 27.9 Å². The van der Waals surface area contributed by atoms with E-state index in [1.807, 2.05) is 0 Å². The summed E-state index contributed by atoms with van der Waals surface area (Å²) in [6.07, 6.45) is 0.618. The zero-order valence-corrected chi connectivity index (χ0v) is 20.6. The van der Waals surface area contributed by atoms with Gasteiger partial charge in [0.2, 0.25) is 23.6 Å². The fourth-order valence-electron chi connectivity index (χ4n) is 2.78. The number of carbonyl (C=O) groups excluding carboxylic acids is 4. The van der Waals surface area contributed by atoms with Crippen LogP contribution in [0.15, 0.2) is 4.99 Å². The highest BCUT2D eigenvalue weighted by molar-refractivity contribution is 7.98. The molecule has 0 aromatic carbocycles. The van der Waals surface area contributed by atoms with Crippen molar-refractivity contribution in [2.45, 2.75) is 56.3 Å². The summed E-state index contributed by atoms with van der Waals surface area (Å²) in [5.74, 6) is -6.26. The van der Waals surface area contributed by atoms with Gasteiger partial charge in [0.25, 0.3) is 0 Å². The van der Waals surface area contributed by atoms with Gasteiger partial charge in [-0.1, -0.05) is 0 Å². The molecule has 0 saturated carbocycles. The van der Waals surface area contributed by atoms with Gasteiger partial charge >= 0.3 is 11.9 Å². The molecule has 0 fully saturated rings. The van der Waals surface area contributed by atoms with Crippen molar-refractivity contribution in [3.05, 3.63) is 0 Å². The minimum atomic E-state index is -1.66. The fourth-order valence-corrected chi connectivity index (χ4v) is 3.25. The van der Waals surface area contributed by atoms with Crippen molar-refractivity contribution in [1.82, 2.24) is 16.0 Å². The third-order valence-corrected chi connectivity index (χ3v) is 5.22. The summed E-state index contributed by atoms with van der Waals surface area (Å²) in [5, 5.41) is 25.3. The van der Waals surface area contributed by atoms with Crippen molar-refractivity contribution >= 4 is 53.3 Å². The number of aliphatic carboxylic acids is 2. The molecule has 36 heavy (non-hydrogen) atoms. The lowest BCUT2D eigenvalue weighted by Gasteiger charge is -2.24. The van der Waals surface area contributed by atoms with Crippen LogP contribution in [0.2, 0.25) is 0 Å². The van der Waals surface area contributed by atoms with Gasteiger partial charge < -0.3 is 49.1 Å². The first-order valence-electron chi connectivity index (χ1n) is 10.7. The van der Waals surface area contributed by atoms with E-state index in [-0.39, 0.29) is 31.8 Å². The molecule has 0 aromatic heterocycles. The van der Waals surface area contributed by atoms with Crippen LogP contribution >= 0.6 is 11.8 Å². The van der Waals surface area contributed by atoms with Crippen LogP contribution in [-0.4, -0.2) is 94.5 Å². The summed E-state index contributed by atoms with van der Waals surface area (Å²) in [7, 11) is 0. The Morgan fingerprint density at radius 1 is 0.833 bits per heavy atom. The predicted octanol–water partition coefficient (Wildman–Crippen LogP) is -3.99. The van der Waals surface area contributed by atoms with Crippen molar-refractivity contribution in [3.8, 4) is 0 Å². The molecule has 204 valence electrons. The number of carboxylic acids is 2. The molecule has 0 aromatic rings. The Bertz CT molecular complexity index is 836. The molecule has 16 nitrogen and oxygen atoms in total. The summed E-state index contributed by atoms with van der Waals surface area (Å²) in [5.41, 5.74) is 21.0. The van der Waals surface area contributed by atoms with Gasteiger partial charge in [-0.25, -0.2) is 4.79 Å². The number of nitrogens with zero attached hydrogens (tertiary/aromatic N) is 1. The molecule has 0 aliphatic carbocycles. The van der Waals surface area contributed by atoms with Crippen molar-refractivity contribution in [3.63, 3.8) is 0 Å². The van der Waals surface area contributed by atoms with Gasteiger partial charge in [-0.15, -0.1) is 0 Å². The van der Waals surface area contributed by atoms with Crippen molar-refractivity contribution < 1.29 is 39.0 Å². The summed E-state index contributed by atoms with van der Waals surface area (Å²) < 4.78 is 0. The van der Waals surface area contributed by atoms with E-state index in [1.54, 1.807) is 6.26 Å². The maximum atomic E-state index is 12.8. The zero-order chi connectivity index (χ0) is 27.8. The first kappa shape index (κ1) is 32.4. The summed E-state index contributed by atoms with van der Waals surface area (Å²) >= 11 is 1.38. The molecule has 0 rings (SSSR count). The van der Waals surface area contributed by atoms with Gasteiger partial charge in [0.15, 0.2) is 5.96 Å². The molecule has 0 heterocycles. The van der Waals surface area contributed by atoms with E-state index in [0.717, 1.165) is 0 Å². The molecule has 17 heteroatoms. The SMILES string of the molecule is CSCCC(NC(=O)C(CCCN=C(N)N)NC(=O)C(CC(=O)O)NC(=O)C(N)CC(N)=O)C(=O)O. The molecule has 0 aliphatic heterocycles. The number of carboxylic acid groups (broad SMARTS) is 2. The van der Waals surface area contributed by atoms with Crippen LogP contribution in [0, 0.1) is 0 Å². The maximum Gasteiger partial charge on any atom is 0.326 e. The van der Waals surface area contributed by atoms with Gasteiger partial charge in [-0.05, 0) is 31.3 Å². The number of hydrogen-bond acceptors (Lipinski definition) is 9. The lowest BCUT2D eigenvalue weighted by atomic mass is 10.1. The molecule has 0 saturated heterocycles. The van der Waals surface area contributed by atoms with Gasteiger partial charge in [0, 0.05) is 6.54 Å². The third kappa shape index (κ3) is 14.0. The average Bonchev–Trinajstić information content (AvgIpc) is 2.76. The fraction of sp³-hybridized carbons (Fsp3) is 0.632. The topological polar surface area (TPSA) is 295 Å². The molecule has 0 radical (unpaired) electrons. The van der Waals surface area contributed by atoms with E-state index < -0.39 is 72.6 Å². The molecular formula is C19H34N8O8S. The minimum absolute atomic E-state index is 0.0435. The van der Waals surface area contributed by atoms with Gasteiger partial charge in [0.1, 0.15) is 18.1 Å². The number of nitrogens with two attached hydrogens (primary N) is 4. The summed E-state index contributed by atoms with van der Waals surface area (Å²) in [6.45, 7) is 0.0913. The Morgan fingerprint density at radius 2 is 1.39 bits per heavy atom. The number of carbonyl (C=O) groups is 6. The lowest BCUT2D eigenvalue weighted by molar-refractivity contribution is -0.143. The molecule has 0 aliphatic rings. The van der Waals surface area contributed by atoms with Crippen LogP contribution in [0.1, 0.15) is 32.1 Å². The minimum Gasteiger partial charge on any atom is -0.481 e. The van der Waals surface area contributed by atoms with Crippen LogP contribution < -0.4 is 38.9 Å². The Morgan fingerprint density at radius 3 is 1.89 bits per heavy atom. The average molecular weight is 535 g/mol. The van der Waals surface area contributed by atoms with E-state index in [0.29, 0.717) is 5.75 Å².